The van der Waals surface area contributed by atoms with Crippen LogP contribution in [0.5, 0.6) is 11.5 Å². The average molecular weight is 488 g/mol. The first-order valence-corrected chi connectivity index (χ1v) is 11.2. The quantitative estimate of drug-likeness (QED) is 0.364. The van der Waals surface area contributed by atoms with Crippen molar-refractivity contribution in [1.29, 1.82) is 0 Å². The molecule has 36 heavy (non-hydrogen) atoms. The van der Waals surface area contributed by atoms with Crippen LogP contribution < -0.4 is 19.7 Å². The Bertz CT molecular complexity index is 1280. The number of nitrogens with one attached hydrogen (secondary N) is 1. The van der Waals surface area contributed by atoms with Crippen LogP contribution in [0.3, 0.4) is 0 Å². The number of methoxy groups -OCH3 is 2. The van der Waals surface area contributed by atoms with Crippen molar-refractivity contribution < 1.29 is 33.4 Å². The fraction of sp³-hybridized carbons (Fsp3) is 0.185. The summed E-state index contributed by atoms with van der Waals surface area (Å²) in [7, 11) is 3.11. The lowest BCUT2D eigenvalue weighted by atomic mass is 10.1. The monoisotopic (exact) mass is 488 g/mol. The second kappa shape index (κ2) is 10.7. The van der Waals surface area contributed by atoms with Crippen LogP contribution in [0.1, 0.15) is 36.6 Å². The minimum atomic E-state index is -0.695. The summed E-state index contributed by atoms with van der Waals surface area (Å²) >= 11 is 0. The number of carbonyl (C=O) groups excluding carboxylic acids is 4. The molecular weight excluding hydrogens is 464 g/mol. The molecule has 184 valence electrons. The SMILES string of the molecule is COc1ccc(CCNC(=O)COC(=O)c2ccc(N3C(=O)c4ccccc4C3=O)cc2)cc1OC. The predicted octanol–water partition coefficient (Wildman–Crippen LogP) is 3.02. The van der Waals surface area contributed by atoms with E-state index >= 15 is 0 Å². The van der Waals surface area contributed by atoms with Gasteiger partial charge < -0.3 is 19.5 Å². The lowest BCUT2D eigenvalue weighted by molar-refractivity contribution is -0.124. The van der Waals surface area contributed by atoms with Crippen LogP contribution in [0.2, 0.25) is 0 Å². The summed E-state index contributed by atoms with van der Waals surface area (Å²) in [5.41, 5.74) is 2.15. The molecule has 0 saturated carbocycles. The second-order valence-electron chi connectivity index (χ2n) is 7.90. The van der Waals surface area contributed by atoms with Gasteiger partial charge in [-0.1, -0.05) is 18.2 Å². The molecule has 1 heterocycles. The molecular formula is C27H24N2O7. The lowest BCUT2D eigenvalue weighted by Crippen LogP contribution is -2.30. The van der Waals surface area contributed by atoms with Crippen molar-refractivity contribution in [2.45, 2.75) is 6.42 Å². The van der Waals surface area contributed by atoms with Gasteiger partial charge in [0.25, 0.3) is 17.7 Å². The number of nitrogens with zero attached hydrogens (tertiary/aromatic N) is 1. The number of hydrogen-bond acceptors (Lipinski definition) is 7. The van der Waals surface area contributed by atoms with E-state index in [1.165, 1.54) is 24.3 Å². The number of imide groups is 1. The zero-order valence-electron chi connectivity index (χ0n) is 19.8. The van der Waals surface area contributed by atoms with E-state index < -0.39 is 30.3 Å². The van der Waals surface area contributed by atoms with Crippen LogP contribution in [0.4, 0.5) is 5.69 Å². The Balaban J connectivity index is 1.26. The van der Waals surface area contributed by atoms with Crippen molar-refractivity contribution in [3.63, 3.8) is 0 Å². The minimum Gasteiger partial charge on any atom is -0.493 e. The van der Waals surface area contributed by atoms with Crippen molar-refractivity contribution in [3.05, 3.63) is 89.0 Å². The van der Waals surface area contributed by atoms with Crippen LogP contribution in [-0.2, 0) is 16.0 Å². The summed E-state index contributed by atoms with van der Waals surface area (Å²) < 4.78 is 15.6. The molecule has 0 aliphatic carbocycles. The number of amides is 3. The lowest BCUT2D eigenvalue weighted by Gasteiger charge is -2.14. The number of esters is 1. The van der Waals surface area contributed by atoms with E-state index in [1.807, 2.05) is 12.1 Å². The number of benzene rings is 3. The molecule has 1 aliphatic heterocycles. The molecule has 1 aliphatic rings. The van der Waals surface area contributed by atoms with Gasteiger partial charge in [-0.15, -0.1) is 0 Å². The van der Waals surface area contributed by atoms with Crippen molar-refractivity contribution in [1.82, 2.24) is 5.32 Å². The summed E-state index contributed by atoms with van der Waals surface area (Å²) in [5, 5.41) is 2.70. The van der Waals surface area contributed by atoms with Crippen LogP contribution in [0, 0.1) is 0 Å². The van der Waals surface area contributed by atoms with E-state index in [9.17, 15) is 19.2 Å². The fourth-order valence-electron chi connectivity index (χ4n) is 3.82. The van der Waals surface area contributed by atoms with Crippen LogP contribution in [0.25, 0.3) is 0 Å². The summed E-state index contributed by atoms with van der Waals surface area (Å²) in [5.74, 6) is -0.755. The maximum absolute atomic E-state index is 12.6. The molecule has 1 N–H and O–H groups in total. The van der Waals surface area contributed by atoms with Gasteiger partial charge in [0.15, 0.2) is 18.1 Å². The van der Waals surface area contributed by atoms with Gasteiger partial charge in [0.2, 0.25) is 0 Å². The van der Waals surface area contributed by atoms with E-state index in [0.717, 1.165) is 10.5 Å². The van der Waals surface area contributed by atoms with Crippen molar-refractivity contribution >= 4 is 29.4 Å². The normalized spacial score (nSPS) is 12.2. The van der Waals surface area contributed by atoms with Crippen molar-refractivity contribution in [3.8, 4) is 11.5 Å². The summed E-state index contributed by atoms with van der Waals surface area (Å²) in [6, 6.07) is 17.9. The highest BCUT2D eigenvalue weighted by Crippen LogP contribution is 2.29. The first kappa shape index (κ1) is 24.5. The number of carbonyl (C=O) groups is 4. The van der Waals surface area contributed by atoms with Gasteiger partial charge >= 0.3 is 5.97 Å². The highest BCUT2D eigenvalue weighted by atomic mass is 16.5. The van der Waals surface area contributed by atoms with E-state index in [1.54, 1.807) is 44.6 Å². The maximum Gasteiger partial charge on any atom is 0.338 e. The van der Waals surface area contributed by atoms with E-state index in [2.05, 4.69) is 5.32 Å². The zero-order chi connectivity index (χ0) is 25.7. The highest BCUT2D eigenvalue weighted by Gasteiger charge is 2.36. The highest BCUT2D eigenvalue weighted by molar-refractivity contribution is 6.34. The Kier molecular flexibility index (Phi) is 7.29. The molecule has 0 unspecified atom stereocenters. The minimum absolute atomic E-state index is 0.188. The van der Waals surface area contributed by atoms with Gasteiger partial charge in [0.1, 0.15) is 0 Å². The molecule has 0 fully saturated rings. The third kappa shape index (κ3) is 5.05. The van der Waals surface area contributed by atoms with Crippen molar-refractivity contribution in [2.75, 3.05) is 32.3 Å². The van der Waals surface area contributed by atoms with Crippen LogP contribution in [-0.4, -0.2) is 51.1 Å². The molecule has 0 radical (unpaired) electrons. The van der Waals surface area contributed by atoms with Gasteiger partial charge in [0, 0.05) is 6.54 Å². The number of anilines is 1. The van der Waals surface area contributed by atoms with Crippen LogP contribution in [0.15, 0.2) is 66.7 Å². The molecule has 0 bridgehead atoms. The first-order valence-electron chi connectivity index (χ1n) is 11.2. The van der Waals surface area contributed by atoms with Gasteiger partial charge in [-0.05, 0) is 60.5 Å². The Hall–Kier alpha value is -4.66. The fourth-order valence-corrected chi connectivity index (χ4v) is 3.82. The topological polar surface area (TPSA) is 111 Å². The van der Waals surface area contributed by atoms with E-state index in [0.29, 0.717) is 41.3 Å². The Morgan fingerprint density at radius 2 is 1.47 bits per heavy atom. The molecule has 9 heteroatoms. The third-order valence-electron chi connectivity index (χ3n) is 5.67. The molecule has 3 aromatic rings. The Morgan fingerprint density at radius 1 is 0.833 bits per heavy atom. The van der Waals surface area contributed by atoms with E-state index in [-0.39, 0.29) is 5.56 Å². The number of fused-ring (bicyclic) bond motifs is 1. The smallest absolute Gasteiger partial charge is 0.338 e. The third-order valence-corrected chi connectivity index (χ3v) is 5.67. The van der Waals surface area contributed by atoms with Gasteiger partial charge in [-0.2, -0.15) is 0 Å². The van der Waals surface area contributed by atoms with Crippen molar-refractivity contribution in [2.24, 2.45) is 0 Å². The summed E-state index contributed by atoms with van der Waals surface area (Å²) in [6.07, 6.45) is 0.555. The number of rotatable bonds is 9. The number of ether oxygens (including phenoxy) is 3. The average Bonchev–Trinajstić information content (AvgIpc) is 3.17. The molecule has 9 nitrogen and oxygen atoms in total. The molecule has 0 spiro atoms. The molecule has 0 saturated heterocycles. The van der Waals surface area contributed by atoms with Gasteiger partial charge in [-0.3, -0.25) is 14.4 Å². The standard InChI is InChI=1S/C27H24N2O7/c1-34-22-12-7-17(15-23(22)35-2)13-14-28-24(30)16-36-27(33)18-8-10-19(11-9-18)29-25(31)20-5-3-4-6-21(20)26(29)32/h3-12,15H,13-14,16H2,1-2H3,(H,28,30). The van der Waals surface area contributed by atoms with Gasteiger partial charge in [0.05, 0.1) is 36.6 Å². The number of hydrogen-bond donors (Lipinski definition) is 1. The molecule has 0 atom stereocenters. The predicted molar refractivity (Wildman–Crippen MR) is 131 cm³/mol. The van der Waals surface area contributed by atoms with Gasteiger partial charge in [-0.25, -0.2) is 9.69 Å². The summed E-state index contributed by atoms with van der Waals surface area (Å²) in [4.78, 5) is 50.7. The zero-order valence-corrected chi connectivity index (χ0v) is 19.8. The Labute approximate surface area is 207 Å². The Morgan fingerprint density at radius 3 is 2.08 bits per heavy atom. The van der Waals surface area contributed by atoms with E-state index in [4.69, 9.17) is 14.2 Å². The molecule has 3 aromatic carbocycles. The first-order chi connectivity index (χ1) is 17.4. The maximum atomic E-state index is 12.6. The molecule has 4 rings (SSSR count). The largest absolute Gasteiger partial charge is 0.493 e. The summed E-state index contributed by atoms with van der Waals surface area (Å²) in [6.45, 7) is -0.0915. The molecule has 0 aromatic heterocycles. The second-order valence-corrected chi connectivity index (χ2v) is 7.90. The van der Waals surface area contributed by atoms with Crippen LogP contribution >= 0.6 is 0 Å². The molecule has 3 amide bonds.